The Labute approximate surface area is 135 Å². The molecule has 11 heteroatoms. The van der Waals surface area contributed by atoms with Gasteiger partial charge in [0, 0.05) is 5.02 Å². The number of halogens is 1. The van der Waals surface area contributed by atoms with Crippen LogP contribution in [0.3, 0.4) is 0 Å². The highest BCUT2D eigenvalue weighted by Gasteiger charge is 2.13. The van der Waals surface area contributed by atoms with E-state index in [2.05, 4.69) is 20.9 Å². The molecule has 0 unspecified atom stereocenters. The highest BCUT2D eigenvalue weighted by Crippen LogP contribution is 2.28. The van der Waals surface area contributed by atoms with E-state index in [-0.39, 0.29) is 17.6 Å². The van der Waals surface area contributed by atoms with Crippen LogP contribution in [-0.4, -0.2) is 33.6 Å². The van der Waals surface area contributed by atoms with Crippen molar-refractivity contribution in [2.45, 2.75) is 5.16 Å². The number of methoxy groups -OCH3 is 1. The van der Waals surface area contributed by atoms with Crippen molar-refractivity contribution in [3.8, 4) is 5.75 Å². The number of rotatable bonds is 6. The van der Waals surface area contributed by atoms with Crippen molar-refractivity contribution in [2.75, 3.05) is 29.4 Å². The highest BCUT2D eigenvalue weighted by atomic mass is 35.5. The molecule has 0 saturated heterocycles. The highest BCUT2D eigenvalue weighted by molar-refractivity contribution is 7.99. The molecule has 0 radical (unpaired) electrons. The van der Waals surface area contributed by atoms with Gasteiger partial charge in [0.05, 0.1) is 18.6 Å². The lowest BCUT2D eigenvalue weighted by atomic mass is 10.3. The normalized spacial score (nSPS) is 10.3. The van der Waals surface area contributed by atoms with Gasteiger partial charge in [-0.1, -0.05) is 23.4 Å². The van der Waals surface area contributed by atoms with Gasteiger partial charge in [-0.25, -0.2) is 10.5 Å². The Morgan fingerprint density at radius 3 is 2.91 bits per heavy atom. The van der Waals surface area contributed by atoms with E-state index in [1.54, 1.807) is 18.2 Å². The van der Waals surface area contributed by atoms with Crippen LogP contribution in [0, 0.1) is 0 Å². The Bertz CT molecular complexity index is 678. The standard InChI is InChI=1S/C11H14ClN7O2S/c1-21-8-3-2-6(12)4-7(8)15-9(20)5-22-11-18-17-10(16-13)19(11)14/h2-4H,5,13-14H2,1H3,(H,15,20)(H,16,17). The molecule has 0 spiro atoms. The van der Waals surface area contributed by atoms with E-state index in [4.69, 9.17) is 28.0 Å². The van der Waals surface area contributed by atoms with Crippen LogP contribution in [0.5, 0.6) is 5.75 Å². The number of nitrogen functional groups attached to an aromatic ring is 2. The van der Waals surface area contributed by atoms with Crippen LogP contribution in [0.4, 0.5) is 11.6 Å². The Balaban J connectivity index is 1.98. The summed E-state index contributed by atoms with van der Waals surface area (Å²) >= 11 is 7.01. The number of amides is 1. The third-order valence-electron chi connectivity index (χ3n) is 2.56. The van der Waals surface area contributed by atoms with Gasteiger partial charge >= 0.3 is 0 Å². The van der Waals surface area contributed by atoms with E-state index in [1.165, 1.54) is 7.11 Å². The summed E-state index contributed by atoms with van der Waals surface area (Å²) in [5, 5.41) is 11.0. The number of ether oxygens (including phenoxy) is 1. The number of carbonyl (C=O) groups is 1. The molecule has 1 heterocycles. The van der Waals surface area contributed by atoms with E-state index in [9.17, 15) is 4.79 Å². The second kappa shape index (κ2) is 7.20. The zero-order valence-corrected chi connectivity index (χ0v) is 13.1. The molecule has 2 aromatic rings. The minimum atomic E-state index is -0.268. The predicted octanol–water partition coefficient (Wildman–Crippen LogP) is 0.670. The third-order valence-corrected chi connectivity index (χ3v) is 3.74. The molecule has 0 aliphatic rings. The fourth-order valence-corrected chi connectivity index (χ4v) is 2.40. The molecule has 0 aliphatic heterocycles. The number of thioether (sulfide) groups is 1. The van der Waals surface area contributed by atoms with Crippen molar-refractivity contribution >= 4 is 40.9 Å². The van der Waals surface area contributed by atoms with Gasteiger partial charge in [-0.05, 0) is 18.2 Å². The molecule has 1 aromatic heterocycles. The summed E-state index contributed by atoms with van der Waals surface area (Å²) < 4.78 is 6.30. The fourth-order valence-electron chi connectivity index (χ4n) is 1.57. The van der Waals surface area contributed by atoms with Gasteiger partial charge in [-0.2, -0.15) is 0 Å². The first-order valence-electron chi connectivity index (χ1n) is 5.98. The molecule has 118 valence electrons. The Morgan fingerprint density at radius 1 is 1.50 bits per heavy atom. The first kappa shape index (κ1) is 16.2. The summed E-state index contributed by atoms with van der Waals surface area (Å²) in [6.07, 6.45) is 0. The fraction of sp³-hybridized carbons (Fsp3) is 0.182. The van der Waals surface area contributed by atoms with Gasteiger partial charge < -0.3 is 15.9 Å². The molecule has 6 N–H and O–H groups in total. The number of nitrogens with two attached hydrogens (primary N) is 2. The smallest absolute Gasteiger partial charge is 0.258 e. The first-order valence-corrected chi connectivity index (χ1v) is 7.34. The molecule has 0 atom stereocenters. The topological polar surface area (TPSA) is 133 Å². The average Bonchev–Trinajstić information content (AvgIpc) is 2.85. The Hall–Kier alpha value is -2.17. The lowest BCUT2D eigenvalue weighted by Crippen LogP contribution is -2.19. The number of benzene rings is 1. The van der Waals surface area contributed by atoms with Gasteiger partial charge in [-0.3, -0.25) is 10.2 Å². The van der Waals surface area contributed by atoms with Crippen molar-refractivity contribution < 1.29 is 9.53 Å². The molecular weight excluding hydrogens is 330 g/mol. The molecule has 9 nitrogen and oxygen atoms in total. The predicted molar refractivity (Wildman–Crippen MR) is 85.3 cm³/mol. The van der Waals surface area contributed by atoms with Crippen LogP contribution in [-0.2, 0) is 4.79 Å². The summed E-state index contributed by atoms with van der Waals surface area (Å²) in [6, 6.07) is 4.94. The van der Waals surface area contributed by atoms with Crippen molar-refractivity contribution in [1.29, 1.82) is 0 Å². The van der Waals surface area contributed by atoms with Crippen LogP contribution in [0.15, 0.2) is 23.4 Å². The zero-order chi connectivity index (χ0) is 16.1. The third kappa shape index (κ3) is 3.72. The maximum atomic E-state index is 12.0. The van der Waals surface area contributed by atoms with Gasteiger partial charge in [0.1, 0.15) is 5.75 Å². The van der Waals surface area contributed by atoms with E-state index in [0.29, 0.717) is 21.6 Å². The molecule has 0 saturated carbocycles. The molecular formula is C11H14ClN7O2S. The summed E-state index contributed by atoms with van der Waals surface area (Å²) in [5.74, 6) is 11.4. The summed E-state index contributed by atoms with van der Waals surface area (Å²) in [5.41, 5.74) is 2.77. The largest absolute Gasteiger partial charge is 0.495 e. The van der Waals surface area contributed by atoms with Crippen molar-refractivity contribution in [3.63, 3.8) is 0 Å². The second-order valence-electron chi connectivity index (χ2n) is 4.00. The van der Waals surface area contributed by atoms with E-state index in [1.807, 2.05) is 0 Å². The van der Waals surface area contributed by atoms with Crippen LogP contribution in [0.2, 0.25) is 5.02 Å². The lowest BCUT2D eigenvalue weighted by molar-refractivity contribution is -0.113. The zero-order valence-electron chi connectivity index (χ0n) is 11.5. The molecule has 1 amide bonds. The number of carbonyl (C=O) groups excluding carboxylic acids is 1. The van der Waals surface area contributed by atoms with Crippen molar-refractivity contribution in [2.24, 2.45) is 5.84 Å². The molecule has 0 fully saturated rings. The molecule has 22 heavy (non-hydrogen) atoms. The van der Waals surface area contributed by atoms with Crippen LogP contribution in [0.1, 0.15) is 0 Å². The number of aromatic nitrogens is 3. The maximum absolute atomic E-state index is 12.0. The SMILES string of the molecule is COc1ccc(Cl)cc1NC(=O)CSc1nnc(NN)n1N. The summed E-state index contributed by atoms with van der Waals surface area (Å²) in [6.45, 7) is 0. The quantitative estimate of drug-likeness (QED) is 0.341. The van der Waals surface area contributed by atoms with E-state index < -0.39 is 0 Å². The van der Waals surface area contributed by atoms with Gasteiger partial charge in [0.15, 0.2) is 0 Å². The minimum Gasteiger partial charge on any atom is -0.495 e. The van der Waals surface area contributed by atoms with Crippen LogP contribution in [0.25, 0.3) is 0 Å². The van der Waals surface area contributed by atoms with Crippen LogP contribution < -0.4 is 27.2 Å². The second-order valence-corrected chi connectivity index (χ2v) is 5.38. The number of nitrogens with one attached hydrogen (secondary N) is 2. The number of hydrazine groups is 1. The Morgan fingerprint density at radius 2 is 2.27 bits per heavy atom. The molecule has 0 aliphatic carbocycles. The summed E-state index contributed by atoms with van der Waals surface area (Å²) in [4.78, 5) is 12.0. The number of nitrogens with zero attached hydrogens (tertiary/aromatic N) is 3. The minimum absolute atomic E-state index is 0.0789. The molecule has 2 rings (SSSR count). The number of hydrogen-bond donors (Lipinski definition) is 4. The summed E-state index contributed by atoms with van der Waals surface area (Å²) in [7, 11) is 1.51. The monoisotopic (exact) mass is 343 g/mol. The maximum Gasteiger partial charge on any atom is 0.258 e. The van der Waals surface area contributed by atoms with Gasteiger partial charge in [0.25, 0.3) is 5.95 Å². The number of hydrogen-bond acceptors (Lipinski definition) is 8. The van der Waals surface area contributed by atoms with Crippen LogP contribution >= 0.6 is 23.4 Å². The molecule has 1 aromatic carbocycles. The van der Waals surface area contributed by atoms with Gasteiger partial charge in [-0.15, -0.1) is 10.2 Å². The van der Waals surface area contributed by atoms with E-state index in [0.717, 1.165) is 16.4 Å². The van der Waals surface area contributed by atoms with Crippen molar-refractivity contribution in [3.05, 3.63) is 23.2 Å². The lowest BCUT2D eigenvalue weighted by Gasteiger charge is -2.10. The number of anilines is 2. The van der Waals surface area contributed by atoms with Crippen molar-refractivity contribution in [1.82, 2.24) is 14.9 Å². The van der Waals surface area contributed by atoms with Gasteiger partial charge in [0.2, 0.25) is 11.1 Å². The Kier molecular flexibility index (Phi) is 5.31. The first-order chi connectivity index (χ1) is 10.5. The average molecular weight is 344 g/mol. The molecule has 0 bridgehead atoms. The van der Waals surface area contributed by atoms with E-state index >= 15 is 0 Å².